The lowest BCUT2D eigenvalue weighted by atomic mass is 10.1. The highest BCUT2D eigenvalue weighted by molar-refractivity contribution is 8.09. The maximum atomic E-state index is 14.4. The van der Waals surface area contributed by atoms with Crippen LogP contribution in [0.3, 0.4) is 0 Å². The molecule has 0 bridgehead atoms. The van der Waals surface area contributed by atoms with Crippen molar-refractivity contribution >= 4 is 28.3 Å². The summed E-state index contributed by atoms with van der Waals surface area (Å²) in [6.07, 6.45) is 2.51. The van der Waals surface area contributed by atoms with Gasteiger partial charge in [-0.2, -0.15) is 0 Å². The van der Waals surface area contributed by atoms with Gasteiger partial charge in [0.15, 0.2) is 11.6 Å². The van der Waals surface area contributed by atoms with Crippen molar-refractivity contribution in [2.24, 2.45) is 0 Å². The first kappa shape index (κ1) is 17.5. The van der Waals surface area contributed by atoms with Gasteiger partial charge in [0.2, 0.25) is 5.91 Å². The van der Waals surface area contributed by atoms with Gasteiger partial charge < -0.3 is 9.64 Å². The summed E-state index contributed by atoms with van der Waals surface area (Å²) < 4.78 is 19.5. The molecule has 1 atom stereocenters. The molecule has 1 unspecified atom stereocenters. The molecule has 2 aromatic rings. The third kappa shape index (κ3) is 3.56. The molecule has 0 N–H and O–H groups in total. The van der Waals surface area contributed by atoms with Gasteiger partial charge in [-0.05, 0) is 37.1 Å². The minimum Gasteiger partial charge on any atom is -0.494 e. The smallest absolute Gasteiger partial charge is 0.240 e. The summed E-state index contributed by atoms with van der Waals surface area (Å²) in [5.74, 6) is -0.153. The summed E-state index contributed by atoms with van der Waals surface area (Å²) in [5, 5.41) is -0.244. The lowest BCUT2D eigenvalue weighted by Gasteiger charge is -2.21. The molecular formula is C20H20FNO2S. The third-order valence-electron chi connectivity index (χ3n) is 4.23. The number of methoxy groups -OCH3 is 1. The van der Waals surface area contributed by atoms with E-state index in [4.69, 9.17) is 4.74 Å². The number of aryl methyl sites for hydroxylation is 1. The van der Waals surface area contributed by atoms with E-state index in [0.717, 1.165) is 16.2 Å². The second-order valence-electron chi connectivity index (χ2n) is 5.97. The lowest BCUT2D eigenvalue weighted by molar-refractivity contribution is -0.117. The average Bonchev–Trinajstić information content (AvgIpc) is 3.10. The molecule has 25 heavy (non-hydrogen) atoms. The number of rotatable bonds is 4. The van der Waals surface area contributed by atoms with Crippen LogP contribution in [0.1, 0.15) is 17.5 Å². The molecule has 0 spiro atoms. The second-order valence-corrected chi connectivity index (χ2v) is 7.21. The van der Waals surface area contributed by atoms with Crippen LogP contribution in [0.5, 0.6) is 5.75 Å². The summed E-state index contributed by atoms with van der Waals surface area (Å²) >= 11 is 1.41. The molecule has 1 aliphatic heterocycles. The van der Waals surface area contributed by atoms with Crippen LogP contribution in [0.15, 0.2) is 48.5 Å². The van der Waals surface area contributed by atoms with E-state index in [-0.39, 0.29) is 22.7 Å². The summed E-state index contributed by atoms with van der Waals surface area (Å²) in [4.78, 5) is 15.2. The highest BCUT2D eigenvalue weighted by atomic mass is 32.2. The predicted octanol–water partition coefficient (Wildman–Crippen LogP) is 4.65. The van der Waals surface area contributed by atoms with E-state index in [1.165, 1.54) is 18.9 Å². The first-order valence-corrected chi connectivity index (χ1v) is 8.93. The fraction of sp³-hybridized carbons (Fsp3) is 0.250. The Hall–Kier alpha value is -2.27. The highest BCUT2D eigenvalue weighted by Gasteiger charge is 2.30. The lowest BCUT2D eigenvalue weighted by Crippen LogP contribution is -2.33. The Morgan fingerprint density at radius 1 is 1.28 bits per heavy atom. The quantitative estimate of drug-likeness (QED) is 0.797. The molecule has 0 fully saturated rings. The van der Waals surface area contributed by atoms with Crippen molar-refractivity contribution in [1.29, 1.82) is 0 Å². The van der Waals surface area contributed by atoms with Crippen LogP contribution >= 0.6 is 11.8 Å². The average molecular weight is 357 g/mol. The van der Waals surface area contributed by atoms with Gasteiger partial charge in [-0.1, -0.05) is 30.3 Å². The largest absolute Gasteiger partial charge is 0.494 e. The van der Waals surface area contributed by atoms with E-state index in [0.29, 0.717) is 12.0 Å². The number of nitrogens with zero attached hydrogens (tertiary/aromatic N) is 1. The number of carbonyl (C=O) groups is 1. The molecule has 0 saturated carbocycles. The second kappa shape index (κ2) is 7.31. The van der Waals surface area contributed by atoms with E-state index < -0.39 is 0 Å². The monoisotopic (exact) mass is 357 g/mol. The SMILES string of the molecule is COc1cccc(C2=CCC(C(=O)N(C)c3cccc(C)c3)S2)c1F. The number of hydrogen-bond donors (Lipinski definition) is 0. The van der Waals surface area contributed by atoms with Gasteiger partial charge in [0, 0.05) is 23.2 Å². The zero-order valence-corrected chi connectivity index (χ0v) is 15.3. The van der Waals surface area contributed by atoms with Crippen molar-refractivity contribution < 1.29 is 13.9 Å². The first-order chi connectivity index (χ1) is 12.0. The number of allylic oxidation sites excluding steroid dienone is 1. The van der Waals surface area contributed by atoms with E-state index in [1.54, 1.807) is 30.1 Å². The third-order valence-corrected chi connectivity index (χ3v) is 5.55. The van der Waals surface area contributed by atoms with Gasteiger partial charge in [-0.25, -0.2) is 4.39 Å². The van der Waals surface area contributed by atoms with Crippen LogP contribution in [-0.2, 0) is 4.79 Å². The van der Waals surface area contributed by atoms with Crippen molar-refractivity contribution in [3.05, 3.63) is 65.5 Å². The molecule has 2 aromatic carbocycles. The van der Waals surface area contributed by atoms with Crippen LogP contribution in [0.2, 0.25) is 0 Å². The highest BCUT2D eigenvalue weighted by Crippen LogP contribution is 2.42. The molecule has 5 heteroatoms. The summed E-state index contributed by atoms with van der Waals surface area (Å²) in [6.45, 7) is 2.00. The Balaban J connectivity index is 1.75. The van der Waals surface area contributed by atoms with Crippen LogP contribution in [0.4, 0.5) is 10.1 Å². The normalized spacial score (nSPS) is 16.5. The standard InChI is InChI=1S/C20H20FNO2S/c1-13-6-4-7-14(12-13)22(2)20(23)18-11-10-17(25-18)15-8-5-9-16(24-3)19(15)21/h4-10,12,18H,11H2,1-3H3. The number of thioether (sulfide) groups is 1. The van der Waals surface area contributed by atoms with Crippen molar-refractivity contribution in [3.63, 3.8) is 0 Å². The zero-order valence-electron chi connectivity index (χ0n) is 14.5. The molecule has 0 aliphatic carbocycles. The van der Waals surface area contributed by atoms with Gasteiger partial charge in [-0.3, -0.25) is 4.79 Å². The molecular weight excluding hydrogens is 337 g/mol. The van der Waals surface area contributed by atoms with Crippen LogP contribution in [0.25, 0.3) is 4.91 Å². The predicted molar refractivity (Wildman–Crippen MR) is 102 cm³/mol. The van der Waals surface area contributed by atoms with Gasteiger partial charge >= 0.3 is 0 Å². The summed E-state index contributed by atoms with van der Waals surface area (Å²) in [7, 11) is 3.23. The first-order valence-electron chi connectivity index (χ1n) is 8.05. The van der Waals surface area contributed by atoms with Crippen molar-refractivity contribution in [2.75, 3.05) is 19.1 Å². The maximum Gasteiger partial charge on any atom is 0.240 e. The van der Waals surface area contributed by atoms with Crippen LogP contribution < -0.4 is 9.64 Å². The number of halogens is 1. The molecule has 0 saturated heterocycles. The Morgan fingerprint density at radius 2 is 2.04 bits per heavy atom. The molecule has 0 radical (unpaired) electrons. The number of amides is 1. The Labute approximate surface area is 151 Å². The van der Waals surface area contributed by atoms with Gasteiger partial charge in [0.25, 0.3) is 0 Å². The molecule has 0 aromatic heterocycles. The number of hydrogen-bond acceptors (Lipinski definition) is 3. The maximum absolute atomic E-state index is 14.4. The topological polar surface area (TPSA) is 29.5 Å². The molecule has 3 nitrogen and oxygen atoms in total. The van der Waals surface area contributed by atoms with Crippen molar-refractivity contribution in [3.8, 4) is 5.75 Å². The molecule has 1 amide bonds. The molecule has 1 heterocycles. The fourth-order valence-electron chi connectivity index (χ4n) is 2.83. The van der Waals surface area contributed by atoms with Crippen molar-refractivity contribution in [2.45, 2.75) is 18.6 Å². The number of benzene rings is 2. The Bertz CT molecular complexity index is 834. The van der Waals surface area contributed by atoms with Gasteiger partial charge in [-0.15, -0.1) is 11.8 Å². The minimum absolute atomic E-state index is 0.0187. The van der Waals surface area contributed by atoms with E-state index >= 15 is 0 Å². The molecule has 3 rings (SSSR count). The van der Waals surface area contributed by atoms with Crippen LogP contribution in [-0.4, -0.2) is 25.3 Å². The van der Waals surface area contributed by atoms with Crippen LogP contribution in [0, 0.1) is 12.7 Å². The summed E-state index contributed by atoms with van der Waals surface area (Å²) in [6, 6.07) is 12.9. The van der Waals surface area contributed by atoms with Gasteiger partial charge in [0.1, 0.15) is 0 Å². The Kier molecular flexibility index (Phi) is 5.13. The van der Waals surface area contributed by atoms with Crippen molar-refractivity contribution in [1.82, 2.24) is 0 Å². The Morgan fingerprint density at radius 3 is 2.76 bits per heavy atom. The van der Waals surface area contributed by atoms with E-state index in [9.17, 15) is 9.18 Å². The van der Waals surface area contributed by atoms with Gasteiger partial charge in [0.05, 0.1) is 12.4 Å². The molecule has 130 valence electrons. The zero-order chi connectivity index (χ0) is 18.0. The van der Waals surface area contributed by atoms with E-state index in [2.05, 4.69) is 0 Å². The number of anilines is 1. The minimum atomic E-state index is -0.385. The molecule has 1 aliphatic rings. The number of ether oxygens (including phenoxy) is 1. The summed E-state index contributed by atoms with van der Waals surface area (Å²) in [5.41, 5.74) is 2.46. The number of carbonyl (C=O) groups excluding carboxylic acids is 1. The van der Waals surface area contributed by atoms with E-state index in [1.807, 2.05) is 37.3 Å². The fourth-order valence-corrected chi connectivity index (χ4v) is 4.06.